The molecule has 1 aromatic carbocycles. The standard InChI is InChI=1S/C16H25BrN2S/c1-12(2)9-18-10-14-4-5-16(15(17)8-14)19-6-7-20-11-13(19)3/h4-5,8,12-13,18H,6-7,9-11H2,1-3H3. The summed E-state index contributed by atoms with van der Waals surface area (Å²) in [6.07, 6.45) is 0. The number of anilines is 1. The van der Waals surface area contributed by atoms with Crippen molar-refractivity contribution in [3.8, 4) is 0 Å². The SMILES string of the molecule is CC(C)CNCc1ccc(N2CCSCC2C)c(Br)c1. The van der Waals surface area contributed by atoms with Crippen molar-refractivity contribution in [2.45, 2.75) is 33.4 Å². The topological polar surface area (TPSA) is 15.3 Å². The average Bonchev–Trinajstić information content (AvgIpc) is 2.40. The van der Waals surface area contributed by atoms with E-state index in [1.54, 1.807) is 0 Å². The summed E-state index contributed by atoms with van der Waals surface area (Å²) in [7, 11) is 0. The summed E-state index contributed by atoms with van der Waals surface area (Å²) in [4.78, 5) is 2.52. The van der Waals surface area contributed by atoms with Gasteiger partial charge in [-0.2, -0.15) is 11.8 Å². The second-order valence-electron chi connectivity index (χ2n) is 5.93. The van der Waals surface area contributed by atoms with Crippen LogP contribution >= 0.6 is 27.7 Å². The fourth-order valence-electron chi connectivity index (χ4n) is 2.48. The Labute approximate surface area is 135 Å². The number of halogens is 1. The maximum Gasteiger partial charge on any atom is 0.0513 e. The van der Waals surface area contributed by atoms with Crippen LogP contribution in [0.2, 0.25) is 0 Å². The Kier molecular flexibility index (Phi) is 6.24. The fraction of sp³-hybridized carbons (Fsp3) is 0.625. The van der Waals surface area contributed by atoms with Crippen LogP contribution in [0.15, 0.2) is 22.7 Å². The molecule has 1 heterocycles. The van der Waals surface area contributed by atoms with Gasteiger partial charge in [0.15, 0.2) is 0 Å². The molecule has 1 atom stereocenters. The second kappa shape index (κ2) is 7.71. The number of benzene rings is 1. The molecule has 0 aromatic heterocycles. The molecule has 1 N–H and O–H groups in total. The molecule has 0 aliphatic carbocycles. The monoisotopic (exact) mass is 356 g/mol. The van der Waals surface area contributed by atoms with Gasteiger partial charge >= 0.3 is 0 Å². The van der Waals surface area contributed by atoms with Gasteiger partial charge in [-0.15, -0.1) is 0 Å². The minimum atomic E-state index is 0.620. The van der Waals surface area contributed by atoms with Crippen LogP contribution in [-0.2, 0) is 6.54 Å². The Balaban J connectivity index is 2.01. The number of nitrogens with one attached hydrogen (secondary N) is 1. The van der Waals surface area contributed by atoms with E-state index >= 15 is 0 Å². The molecule has 2 rings (SSSR count). The molecule has 1 aliphatic rings. The van der Waals surface area contributed by atoms with Crippen molar-refractivity contribution in [2.24, 2.45) is 5.92 Å². The number of hydrogen-bond donors (Lipinski definition) is 1. The Hall–Kier alpha value is -0.190. The molecule has 0 bridgehead atoms. The summed E-state index contributed by atoms with van der Waals surface area (Å²) in [6, 6.07) is 7.40. The Morgan fingerprint density at radius 3 is 2.90 bits per heavy atom. The zero-order chi connectivity index (χ0) is 14.5. The summed E-state index contributed by atoms with van der Waals surface area (Å²) in [5.74, 6) is 3.16. The van der Waals surface area contributed by atoms with Gasteiger partial charge in [-0.3, -0.25) is 0 Å². The van der Waals surface area contributed by atoms with Crippen LogP contribution in [-0.4, -0.2) is 30.6 Å². The molecule has 0 amide bonds. The quantitative estimate of drug-likeness (QED) is 0.853. The highest BCUT2D eigenvalue weighted by Crippen LogP contribution is 2.31. The fourth-order valence-corrected chi connectivity index (χ4v) is 4.15. The van der Waals surface area contributed by atoms with Crippen LogP contribution in [0, 0.1) is 5.92 Å². The molecule has 2 nitrogen and oxygen atoms in total. The smallest absolute Gasteiger partial charge is 0.0513 e. The van der Waals surface area contributed by atoms with Crippen LogP contribution in [0.25, 0.3) is 0 Å². The third kappa shape index (κ3) is 4.40. The molecule has 0 radical (unpaired) electrons. The third-order valence-corrected chi connectivity index (χ3v) is 5.40. The minimum absolute atomic E-state index is 0.620. The van der Waals surface area contributed by atoms with Crippen LogP contribution in [0.4, 0.5) is 5.69 Å². The minimum Gasteiger partial charge on any atom is -0.366 e. The molecule has 20 heavy (non-hydrogen) atoms. The Bertz CT molecular complexity index is 436. The van der Waals surface area contributed by atoms with E-state index in [0.29, 0.717) is 12.0 Å². The van der Waals surface area contributed by atoms with Crippen molar-refractivity contribution in [3.05, 3.63) is 28.2 Å². The van der Waals surface area contributed by atoms with Crippen LogP contribution in [0.1, 0.15) is 26.3 Å². The van der Waals surface area contributed by atoms with Crippen LogP contribution < -0.4 is 10.2 Å². The molecule has 4 heteroatoms. The lowest BCUT2D eigenvalue weighted by Crippen LogP contribution is -2.40. The van der Waals surface area contributed by atoms with E-state index in [2.05, 4.69) is 76.9 Å². The van der Waals surface area contributed by atoms with Crippen molar-refractivity contribution in [1.29, 1.82) is 0 Å². The van der Waals surface area contributed by atoms with E-state index < -0.39 is 0 Å². The molecule has 0 saturated carbocycles. The molecule has 0 spiro atoms. The summed E-state index contributed by atoms with van der Waals surface area (Å²) in [5.41, 5.74) is 2.69. The number of thioether (sulfide) groups is 1. The van der Waals surface area contributed by atoms with E-state index in [4.69, 9.17) is 0 Å². The van der Waals surface area contributed by atoms with Crippen molar-refractivity contribution in [2.75, 3.05) is 29.5 Å². The molecule has 1 fully saturated rings. The van der Waals surface area contributed by atoms with Gasteiger partial charge in [0.25, 0.3) is 0 Å². The molecular weight excluding hydrogens is 332 g/mol. The summed E-state index contributed by atoms with van der Waals surface area (Å²) >= 11 is 5.81. The number of rotatable bonds is 5. The number of hydrogen-bond acceptors (Lipinski definition) is 3. The Morgan fingerprint density at radius 2 is 2.25 bits per heavy atom. The largest absolute Gasteiger partial charge is 0.366 e. The third-order valence-electron chi connectivity index (χ3n) is 3.57. The molecule has 1 unspecified atom stereocenters. The van der Waals surface area contributed by atoms with Crippen molar-refractivity contribution in [3.63, 3.8) is 0 Å². The van der Waals surface area contributed by atoms with Crippen molar-refractivity contribution < 1.29 is 0 Å². The van der Waals surface area contributed by atoms with Gasteiger partial charge in [-0.05, 0) is 53.0 Å². The Morgan fingerprint density at radius 1 is 1.45 bits per heavy atom. The van der Waals surface area contributed by atoms with Gasteiger partial charge in [-0.25, -0.2) is 0 Å². The number of nitrogens with zero attached hydrogens (tertiary/aromatic N) is 1. The van der Waals surface area contributed by atoms with E-state index in [1.807, 2.05) is 0 Å². The molecule has 1 saturated heterocycles. The summed E-state index contributed by atoms with van der Waals surface area (Å²) in [5, 5.41) is 3.50. The zero-order valence-electron chi connectivity index (χ0n) is 12.7. The highest BCUT2D eigenvalue weighted by molar-refractivity contribution is 9.10. The van der Waals surface area contributed by atoms with Crippen molar-refractivity contribution in [1.82, 2.24) is 5.32 Å². The lowest BCUT2D eigenvalue weighted by atomic mass is 10.1. The molecule has 1 aliphatic heterocycles. The van der Waals surface area contributed by atoms with Crippen LogP contribution in [0.3, 0.4) is 0 Å². The van der Waals surface area contributed by atoms with Gasteiger partial charge in [0.1, 0.15) is 0 Å². The first-order chi connectivity index (χ1) is 9.58. The van der Waals surface area contributed by atoms with Gasteiger partial charge in [0.2, 0.25) is 0 Å². The lowest BCUT2D eigenvalue weighted by Gasteiger charge is -2.35. The van der Waals surface area contributed by atoms with E-state index in [9.17, 15) is 0 Å². The highest BCUT2D eigenvalue weighted by atomic mass is 79.9. The van der Waals surface area contributed by atoms with E-state index in [1.165, 1.54) is 27.2 Å². The second-order valence-corrected chi connectivity index (χ2v) is 7.93. The zero-order valence-corrected chi connectivity index (χ0v) is 15.1. The average molecular weight is 357 g/mol. The lowest BCUT2D eigenvalue weighted by molar-refractivity contribution is 0.552. The van der Waals surface area contributed by atoms with Crippen LogP contribution in [0.5, 0.6) is 0 Å². The van der Waals surface area contributed by atoms with E-state index in [0.717, 1.165) is 19.6 Å². The predicted molar refractivity (Wildman–Crippen MR) is 94.8 cm³/mol. The summed E-state index contributed by atoms with van der Waals surface area (Å²) < 4.78 is 1.22. The van der Waals surface area contributed by atoms with E-state index in [-0.39, 0.29) is 0 Å². The molecule has 1 aromatic rings. The maximum atomic E-state index is 3.75. The predicted octanol–water partition coefficient (Wildman–Crippen LogP) is 4.14. The highest BCUT2D eigenvalue weighted by Gasteiger charge is 2.20. The van der Waals surface area contributed by atoms with Gasteiger partial charge in [0.05, 0.1) is 5.69 Å². The maximum absolute atomic E-state index is 3.75. The molecule has 112 valence electrons. The van der Waals surface area contributed by atoms with Crippen molar-refractivity contribution >= 4 is 33.4 Å². The molecular formula is C16H25BrN2S. The normalized spacial score (nSPS) is 19.6. The first-order valence-corrected chi connectivity index (χ1v) is 9.36. The van der Waals surface area contributed by atoms with Gasteiger partial charge in [0, 0.05) is 35.1 Å². The van der Waals surface area contributed by atoms with Gasteiger partial charge < -0.3 is 10.2 Å². The first-order valence-electron chi connectivity index (χ1n) is 7.41. The van der Waals surface area contributed by atoms with Gasteiger partial charge in [-0.1, -0.05) is 19.9 Å². The summed E-state index contributed by atoms with van der Waals surface area (Å²) in [6.45, 7) is 9.96. The first kappa shape index (κ1) is 16.2.